The quantitative estimate of drug-likeness (QED) is 0.503. The van der Waals surface area contributed by atoms with Crippen LogP contribution in [0.4, 0.5) is 5.82 Å². The number of methoxy groups -OCH3 is 1. The summed E-state index contributed by atoms with van der Waals surface area (Å²) in [5, 5.41) is 6.53. The van der Waals surface area contributed by atoms with Gasteiger partial charge in [0.05, 0.1) is 12.0 Å². The molecule has 1 amide bonds. The van der Waals surface area contributed by atoms with Crippen molar-refractivity contribution in [1.29, 1.82) is 0 Å². The van der Waals surface area contributed by atoms with Gasteiger partial charge in [0.25, 0.3) is 0 Å². The Hall–Kier alpha value is -3.17. The number of benzene rings is 2. The van der Waals surface area contributed by atoms with Gasteiger partial charge in [-0.25, -0.2) is 8.42 Å². The predicted octanol–water partition coefficient (Wildman–Crippen LogP) is 3.99. The van der Waals surface area contributed by atoms with Crippen molar-refractivity contribution in [3.63, 3.8) is 0 Å². The third kappa shape index (κ3) is 5.95. The molecular weight excluding hydrogens is 430 g/mol. The van der Waals surface area contributed by atoms with Crippen molar-refractivity contribution >= 4 is 21.7 Å². The molecule has 3 rings (SSSR count). The fourth-order valence-corrected chi connectivity index (χ4v) is 4.30. The Morgan fingerprint density at radius 2 is 1.75 bits per heavy atom. The minimum absolute atomic E-state index is 0.0821. The van der Waals surface area contributed by atoms with Crippen molar-refractivity contribution in [2.75, 3.05) is 12.4 Å². The number of aryl methyl sites for hydroxylation is 1. The zero-order valence-electron chi connectivity index (χ0n) is 18.5. The first-order valence-corrected chi connectivity index (χ1v) is 11.7. The smallest absolute Gasteiger partial charge is 0.243 e. The van der Waals surface area contributed by atoms with E-state index in [1.165, 1.54) is 12.1 Å². The van der Waals surface area contributed by atoms with Gasteiger partial charge in [-0.15, -0.1) is 0 Å². The van der Waals surface area contributed by atoms with Gasteiger partial charge in [0.2, 0.25) is 15.9 Å². The second kappa shape index (κ2) is 9.97. The fraction of sp³-hybridized carbons (Fsp3) is 0.304. The topological polar surface area (TPSA) is 111 Å². The number of ether oxygens (including phenoxy) is 1. The highest BCUT2D eigenvalue weighted by atomic mass is 32.2. The summed E-state index contributed by atoms with van der Waals surface area (Å²) in [5.41, 5.74) is 1.71. The van der Waals surface area contributed by atoms with Gasteiger partial charge in [-0.1, -0.05) is 36.7 Å². The number of carbonyl (C=O) groups is 1. The summed E-state index contributed by atoms with van der Waals surface area (Å²) in [7, 11) is -2.29. The molecule has 0 saturated carbocycles. The van der Waals surface area contributed by atoms with Gasteiger partial charge in [-0.2, -0.15) is 4.72 Å². The number of hydrogen-bond donors (Lipinski definition) is 2. The maximum Gasteiger partial charge on any atom is 0.243 e. The van der Waals surface area contributed by atoms with Gasteiger partial charge in [0, 0.05) is 11.6 Å². The highest BCUT2D eigenvalue weighted by Gasteiger charge is 2.27. The second-order valence-electron chi connectivity index (χ2n) is 7.91. The van der Waals surface area contributed by atoms with Crippen LogP contribution in [0.5, 0.6) is 5.75 Å². The van der Waals surface area contributed by atoms with Crippen molar-refractivity contribution in [1.82, 2.24) is 9.88 Å². The number of aromatic nitrogens is 1. The summed E-state index contributed by atoms with van der Waals surface area (Å²) in [4.78, 5) is 13.0. The first-order chi connectivity index (χ1) is 15.2. The third-order valence-electron chi connectivity index (χ3n) is 4.79. The Labute approximate surface area is 188 Å². The lowest BCUT2D eigenvalue weighted by molar-refractivity contribution is -0.118. The number of sulfonamides is 1. The van der Waals surface area contributed by atoms with Gasteiger partial charge in [0.15, 0.2) is 11.6 Å². The lowest BCUT2D eigenvalue weighted by Crippen LogP contribution is -2.44. The molecule has 2 N–H and O–H groups in total. The summed E-state index contributed by atoms with van der Waals surface area (Å²) in [6.45, 7) is 5.70. The van der Waals surface area contributed by atoms with E-state index in [0.29, 0.717) is 17.9 Å². The molecule has 9 heteroatoms. The number of hydrogen-bond acceptors (Lipinski definition) is 6. The summed E-state index contributed by atoms with van der Waals surface area (Å²) in [6.07, 6.45) is 0.320. The molecular formula is C23H27N3O5S. The molecule has 0 unspecified atom stereocenters. The number of amides is 1. The second-order valence-corrected chi connectivity index (χ2v) is 9.62. The predicted molar refractivity (Wildman–Crippen MR) is 122 cm³/mol. The summed E-state index contributed by atoms with van der Waals surface area (Å²) >= 11 is 0. The van der Waals surface area contributed by atoms with E-state index in [4.69, 9.17) is 9.26 Å². The molecule has 1 heterocycles. The van der Waals surface area contributed by atoms with Crippen LogP contribution in [-0.4, -0.2) is 32.6 Å². The number of carbonyl (C=O) groups excluding carboxylic acids is 1. The summed E-state index contributed by atoms with van der Waals surface area (Å²) in [6, 6.07) is 14.3. The Morgan fingerprint density at radius 1 is 1.09 bits per heavy atom. The minimum atomic E-state index is -3.87. The average molecular weight is 458 g/mol. The third-order valence-corrected chi connectivity index (χ3v) is 6.28. The first kappa shape index (κ1) is 23.5. The van der Waals surface area contributed by atoms with Crippen LogP contribution < -0.4 is 14.8 Å². The van der Waals surface area contributed by atoms with Crippen LogP contribution in [0.15, 0.2) is 64.0 Å². The molecule has 170 valence electrons. The monoisotopic (exact) mass is 457 g/mol. The number of anilines is 1. The average Bonchev–Trinajstić information content (AvgIpc) is 3.21. The van der Waals surface area contributed by atoms with Crippen LogP contribution in [-0.2, 0) is 14.8 Å². The lowest BCUT2D eigenvalue weighted by Gasteiger charge is -2.19. The van der Waals surface area contributed by atoms with Crippen LogP contribution in [0.25, 0.3) is 11.3 Å². The zero-order chi connectivity index (χ0) is 23.3. The van der Waals surface area contributed by atoms with Crippen LogP contribution in [0.1, 0.15) is 25.8 Å². The summed E-state index contributed by atoms with van der Waals surface area (Å²) < 4.78 is 38.6. The van der Waals surface area contributed by atoms with Gasteiger partial charge in [-0.05, 0) is 55.7 Å². The van der Waals surface area contributed by atoms with Crippen molar-refractivity contribution in [3.05, 3.63) is 60.2 Å². The van der Waals surface area contributed by atoms with Crippen LogP contribution >= 0.6 is 0 Å². The highest BCUT2D eigenvalue weighted by Crippen LogP contribution is 2.25. The molecule has 32 heavy (non-hydrogen) atoms. The SMILES string of the molecule is COc1ccc(-c2cc(NC(=O)[C@H](CC(C)C)NS(=O)(=O)c3ccc(C)cc3)no2)cc1. The van der Waals surface area contributed by atoms with E-state index < -0.39 is 22.0 Å². The largest absolute Gasteiger partial charge is 0.497 e. The van der Waals surface area contributed by atoms with Crippen molar-refractivity contribution in [2.24, 2.45) is 5.92 Å². The summed E-state index contributed by atoms with van der Waals surface area (Å²) in [5.74, 6) is 0.939. The molecule has 3 aromatic rings. The molecule has 0 saturated heterocycles. The van der Waals surface area contributed by atoms with E-state index in [0.717, 1.165) is 11.1 Å². The van der Waals surface area contributed by atoms with Gasteiger partial charge >= 0.3 is 0 Å². The minimum Gasteiger partial charge on any atom is -0.497 e. The van der Waals surface area contributed by atoms with Crippen LogP contribution in [0.3, 0.4) is 0 Å². The normalized spacial score (nSPS) is 12.5. The number of rotatable bonds is 9. The molecule has 0 spiro atoms. The molecule has 1 aromatic heterocycles. The molecule has 1 atom stereocenters. The highest BCUT2D eigenvalue weighted by molar-refractivity contribution is 7.89. The Morgan fingerprint density at radius 3 is 2.34 bits per heavy atom. The molecule has 0 aliphatic rings. The zero-order valence-corrected chi connectivity index (χ0v) is 19.3. The Kier molecular flexibility index (Phi) is 7.32. The van der Waals surface area contributed by atoms with E-state index in [9.17, 15) is 13.2 Å². The lowest BCUT2D eigenvalue weighted by atomic mass is 10.0. The van der Waals surface area contributed by atoms with E-state index in [1.807, 2.05) is 32.9 Å². The molecule has 0 aliphatic heterocycles. The maximum atomic E-state index is 12.9. The molecule has 0 aliphatic carbocycles. The van der Waals surface area contributed by atoms with Crippen LogP contribution in [0.2, 0.25) is 0 Å². The standard InChI is InChI=1S/C23H27N3O5S/c1-15(2)13-20(26-32(28,29)19-11-5-16(3)6-12-19)23(27)24-22-14-21(31-25-22)17-7-9-18(30-4)10-8-17/h5-12,14-15,20,26H,13H2,1-4H3,(H,24,25,27)/t20-/m0/s1. The van der Waals surface area contributed by atoms with Crippen LogP contribution in [0, 0.1) is 12.8 Å². The number of nitrogens with zero attached hydrogens (tertiary/aromatic N) is 1. The number of nitrogens with one attached hydrogen (secondary N) is 2. The van der Waals surface area contributed by atoms with Gasteiger partial charge in [-0.3, -0.25) is 4.79 Å². The fourth-order valence-electron chi connectivity index (χ4n) is 3.09. The molecule has 0 bridgehead atoms. The van der Waals surface area contributed by atoms with E-state index >= 15 is 0 Å². The Balaban J connectivity index is 1.75. The molecule has 0 fully saturated rings. The maximum absolute atomic E-state index is 12.9. The van der Waals surface area contributed by atoms with E-state index in [-0.39, 0.29) is 16.6 Å². The molecule has 0 radical (unpaired) electrons. The first-order valence-electron chi connectivity index (χ1n) is 10.2. The van der Waals surface area contributed by atoms with Gasteiger partial charge < -0.3 is 14.6 Å². The van der Waals surface area contributed by atoms with E-state index in [1.54, 1.807) is 37.4 Å². The van der Waals surface area contributed by atoms with E-state index in [2.05, 4.69) is 15.2 Å². The Bertz CT molecular complexity index is 1150. The molecule has 8 nitrogen and oxygen atoms in total. The van der Waals surface area contributed by atoms with Crippen molar-refractivity contribution < 1.29 is 22.5 Å². The van der Waals surface area contributed by atoms with Crippen molar-refractivity contribution in [3.8, 4) is 17.1 Å². The van der Waals surface area contributed by atoms with Gasteiger partial charge in [0.1, 0.15) is 11.8 Å². The van der Waals surface area contributed by atoms with Crippen molar-refractivity contribution in [2.45, 2.75) is 38.1 Å². The molecule has 2 aromatic carbocycles.